The summed E-state index contributed by atoms with van der Waals surface area (Å²) in [4.78, 5) is 8.74. The molecular formula is C23H18ClFN4O2. The highest BCUT2D eigenvalue weighted by Crippen LogP contribution is 2.35. The Morgan fingerprint density at radius 1 is 1.13 bits per heavy atom. The van der Waals surface area contributed by atoms with Gasteiger partial charge in [0.1, 0.15) is 42.7 Å². The molecule has 0 unspecified atom stereocenters. The summed E-state index contributed by atoms with van der Waals surface area (Å²) in [5.74, 6) is 1.65. The SMILES string of the molecule is Fc1cccc(COc2ccc(Nc3ncnc4cc5c(cc34)NCCO5)cc2Cl)c1. The third kappa shape index (κ3) is 4.18. The van der Waals surface area contributed by atoms with Crippen molar-refractivity contribution in [3.8, 4) is 11.5 Å². The molecule has 0 aliphatic carbocycles. The lowest BCUT2D eigenvalue weighted by Gasteiger charge is -2.20. The second-order valence-electron chi connectivity index (χ2n) is 7.05. The molecule has 2 heterocycles. The van der Waals surface area contributed by atoms with Gasteiger partial charge in [-0.05, 0) is 42.0 Å². The molecule has 0 bridgehead atoms. The number of hydrogen-bond acceptors (Lipinski definition) is 6. The zero-order chi connectivity index (χ0) is 21.2. The number of nitrogens with one attached hydrogen (secondary N) is 2. The standard InChI is InChI=1S/C23H18ClFN4O2/c24-18-9-16(4-5-21(18)31-12-14-2-1-3-15(25)8-14)29-23-17-10-20-22(30-7-6-26-20)11-19(17)27-13-28-23/h1-5,8-11,13,26H,6-7,12H2,(H,27,28,29). The summed E-state index contributed by atoms with van der Waals surface area (Å²) < 4.78 is 24.8. The van der Waals surface area contributed by atoms with Crippen molar-refractivity contribution in [2.75, 3.05) is 23.8 Å². The highest BCUT2D eigenvalue weighted by molar-refractivity contribution is 6.32. The topological polar surface area (TPSA) is 68.3 Å². The summed E-state index contributed by atoms with van der Waals surface area (Å²) in [5, 5.41) is 7.92. The van der Waals surface area contributed by atoms with E-state index in [4.69, 9.17) is 21.1 Å². The van der Waals surface area contributed by atoms with Gasteiger partial charge in [-0.3, -0.25) is 0 Å². The smallest absolute Gasteiger partial charge is 0.144 e. The molecule has 1 aliphatic rings. The van der Waals surface area contributed by atoms with E-state index >= 15 is 0 Å². The predicted octanol–water partition coefficient (Wildman–Crippen LogP) is 5.55. The summed E-state index contributed by atoms with van der Waals surface area (Å²) in [6, 6.07) is 15.5. The first kappa shape index (κ1) is 19.4. The Bertz CT molecular complexity index is 1270. The minimum atomic E-state index is -0.299. The molecule has 0 atom stereocenters. The fourth-order valence-corrected chi connectivity index (χ4v) is 3.64. The lowest BCUT2D eigenvalue weighted by atomic mass is 10.1. The van der Waals surface area contributed by atoms with Crippen LogP contribution in [0.2, 0.25) is 5.02 Å². The van der Waals surface area contributed by atoms with Crippen molar-refractivity contribution >= 4 is 39.7 Å². The third-order valence-corrected chi connectivity index (χ3v) is 5.19. The van der Waals surface area contributed by atoms with Gasteiger partial charge in [0.2, 0.25) is 0 Å². The normalized spacial score (nSPS) is 12.6. The fraction of sp³-hybridized carbons (Fsp3) is 0.130. The van der Waals surface area contributed by atoms with Gasteiger partial charge >= 0.3 is 0 Å². The fourth-order valence-electron chi connectivity index (χ4n) is 3.41. The molecule has 0 fully saturated rings. The number of anilines is 3. The van der Waals surface area contributed by atoms with E-state index in [1.54, 1.807) is 24.3 Å². The van der Waals surface area contributed by atoms with Gasteiger partial charge in [-0.2, -0.15) is 0 Å². The van der Waals surface area contributed by atoms with E-state index in [-0.39, 0.29) is 12.4 Å². The number of halogens is 2. The summed E-state index contributed by atoms with van der Waals surface area (Å²) in [7, 11) is 0. The van der Waals surface area contributed by atoms with Crippen LogP contribution in [0.4, 0.5) is 21.6 Å². The van der Waals surface area contributed by atoms with Crippen LogP contribution in [0.25, 0.3) is 10.9 Å². The molecule has 0 spiro atoms. The van der Waals surface area contributed by atoms with Crippen molar-refractivity contribution in [1.29, 1.82) is 0 Å². The van der Waals surface area contributed by atoms with Gasteiger partial charge < -0.3 is 20.1 Å². The van der Waals surface area contributed by atoms with E-state index in [0.717, 1.165) is 40.1 Å². The average molecular weight is 437 g/mol. The minimum Gasteiger partial charge on any atom is -0.490 e. The van der Waals surface area contributed by atoms with E-state index in [9.17, 15) is 4.39 Å². The average Bonchev–Trinajstić information content (AvgIpc) is 2.77. The van der Waals surface area contributed by atoms with E-state index in [1.807, 2.05) is 18.2 Å². The Morgan fingerprint density at radius 3 is 2.94 bits per heavy atom. The van der Waals surface area contributed by atoms with Crippen LogP contribution < -0.4 is 20.1 Å². The molecule has 2 N–H and O–H groups in total. The van der Waals surface area contributed by atoms with Crippen molar-refractivity contribution in [2.45, 2.75) is 6.61 Å². The van der Waals surface area contributed by atoms with Crippen molar-refractivity contribution in [2.24, 2.45) is 0 Å². The number of rotatable bonds is 5. The maximum atomic E-state index is 13.3. The summed E-state index contributed by atoms with van der Waals surface area (Å²) in [5.41, 5.74) is 3.17. The van der Waals surface area contributed by atoms with Gasteiger partial charge in [0.25, 0.3) is 0 Å². The molecule has 0 radical (unpaired) electrons. The Kier molecular flexibility index (Phi) is 5.18. The van der Waals surface area contributed by atoms with Gasteiger partial charge in [-0.25, -0.2) is 14.4 Å². The highest BCUT2D eigenvalue weighted by Gasteiger charge is 2.14. The summed E-state index contributed by atoms with van der Waals surface area (Å²) in [6.07, 6.45) is 1.51. The maximum Gasteiger partial charge on any atom is 0.144 e. The van der Waals surface area contributed by atoms with Crippen LogP contribution in [0.5, 0.6) is 11.5 Å². The van der Waals surface area contributed by atoms with Crippen molar-refractivity contribution in [3.63, 3.8) is 0 Å². The first-order valence-electron chi connectivity index (χ1n) is 9.75. The molecule has 3 aromatic carbocycles. The number of hydrogen-bond donors (Lipinski definition) is 2. The van der Waals surface area contributed by atoms with E-state index in [1.165, 1.54) is 18.5 Å². The van der Waals surface area contributed by atoms with Crippen molar-refractivity contribution in [3.05, 3.63) is 77.3 Å². The molecule has 5 rings (SSSR count). The van der Waals surface area contributed by atoms with Crippen molar-refractivity contribution < 1.29 is 13.9 Å². The summed E-state index contributed by atoms with van der Waals surface area (Å²) in [6.45, 7) is 1.60. The predicted molar refractivity (Wildman–Crippen MR) is 119 cm³/mol. The van der Waals surface area contributed by atoms with Crippen LogP contribution in [-0.2, 0) is 6.61 Å². The zero-order valence-electron chi connectivity index (χ0n) is 16.4. The molecular weight excluding hydrogens is 419 g/mol. The Hall–Kier alpha value is -3.58. The lowest BCUT2D eigenvalue weighted by Crippen LogP contribution is -2.18. The molecule has 8 heteroatoms. The van der Waals surface area contributed by atoms with Crippen LogP contribution in [-0.4, -0.2) is 23.1 Å². The highest BCUT2D eigenvalue weighted by atomic mass is 35.5. The molecule has 4 aromatic rings. The molecule has 0 saturated heterocycles. The Morgan fingerprint density at radius 2 is 2.06 bits per heavy atom. The number of aromatic nitrogens is 2. The van der Waals surface area contributed by atoms with E-state index < -0.39 is 0 Å². The van der Waals surface area contributed by atoms with Gasteiger partial charge in [0.15, 0.2) is 0 Å². The largest absolute Gasteiger partial charge is 0.490 e. The Balaban J connectivity index is 1.36. The van der Waals surface area contributed by atoms with Crippen LogP contribution >= 0.6 is 11.6 Å². The second kappa shape index (κ2) is 8.28. The van der Waals surface area contributed by atoms with Crippen LogP contribution in [0.15, 0.2) is 60.9 Å². The van der Waals surface area contributed by atoms with E-state index in [0.29, 0.717) is 23.2 Å². The second-order valence-corrected chi connectivity index (χ2v) is 7.46. The third-order valence-electron chi connectivity index (χ3n) is 4.89. The monoisotopic (exact) mass is 436 g/mol. The zero-order valence-corrected chi connectivity index (χ0v) is 17.1. The number of fused-ring (bicyclic) bond motifs is 2. The lowest BCUT2D eigenvalue weighted by molar-refractivity contribution is 0.306. The van der Waals surface area contributed by atoms with Crippen LogP contribution in [0.3, 0.4) is 0 Å². The number of benzene rings is 3. The van der Waals surface area contributed by atoms with Gasteiger partial charge in [0, 0.05) is 23.7 Å². The van der Waals surface area contributed by atoms with Crippen LogP contribution in [0, 0.1) is 5.82 Å². The molecule has 0 saturated carbocycles. The first-order valence-corrected chi connectivity index (χ1v) is 10.1. The Labute approximate surface area is 183 Å². The molecule has 6 nitrogen and oxygen atoms in total. The maximum absolute atomic E-state index is 13.3. The molecule has 0 amide bonds. The molecule has 31 heavy (non-hydrogen) atoms. The van der Waals surface area contributed by atoms with Crippen LogP contribution in [0.1, 0.15) is 5.56 Å². The number of nitrogens with zero attached hydrogens (tertiary/aromatic N) is 2. The number of ether oxygens (including phenoxy) is 2. The first-order chi connectivity index (χ1) is 15.2. The molecule has 1 aromatic heterocycles. The minimum absolute atomic E-state index is 0.223. The molecule has 1 aliphatic heterocycles. The quantitative estimate of drug-likeness (QED) is 0.427. The van der Waals surface area contributed by atoms with Gasteiger partial charge in [-0.15, -0.1) is 0 Å². The van der Waals surface area contributed by atoms with Gasteiger partial charge in [0.05, 0.1) is 16.2 Å². The van der Waals surface area contributed by atoms with Crippen molar-refractivity contribution in [1.82, 2.24) is 9.97 Å². The van der Waals surface area contributed by atoms with E-state index in [2.05, 4.69) is 20.6 Å². The van der Waals surface area contributed by atoms with Gasteiger partial charge in [-0.1, -0.05) is 23.7 Å². The summed E-state index contributed by atoms with van der Waals surface area (Å²) >= 11 is 6.41. The molecule has 156 valence electrons.